The van der Waals surface area contributed by atoms with Crippen molar-refractivity contribution in [1.29, 1.82) is 0 Å². The number of aliphatic hydroxyl groups is 1. The molecular formula is C15H22BrClO2. The van der Waals surface area contributed by atoms with Gasteiger partial charge in [-0.05, 0) is 39.2 Å². The molecule has 2 aliphatic carbocycles. The highest BCUT2D eigenvalue weighted by Gasteiger charge is 2.72. The van der Waals surface area contributed by atoms with E-state index >= 15 is 0 Å². The molecular weight excluding hydrogens is 328 g/mol. The van der Waals surface area contributed by atoms with Crippen LogP contribution in [0.3, 0.4) is 0 Å². The lowest BCUT2D eigenvalue weighted by atomic mass is 9.49. The maximum atomic E-state index is 10.6. The van der Waals surface area contributed by atoms with Crippen LogP contribution in [0.4, 0.5) is 0 Å². The van der Waals surface area contributed by atoms with Gasteiger partial charge in [-0.2, -0.15) is 0 Å². The smallest absolute Gasteiger partial charge is 0.102 e. The second-order valence-corrected chi connectivity index (χ2v) is 9.08. The number of hydrogen-bond acceptors (Lipinski definition) is 2. The third kappa shape index (κ3) is 1.51. The van der Waals surface area contributed by atoms with Crippen LogP contribution in [0.15, 0.2) is 10.6 Å². The van der Waals surface area contributed by atoms with E-state index in [-0.39, 0.29) is 21.8 Å². The van der Waals surface area contributed by atoms with Crippen molar-refractivity contribution in [1.82, 2.24) is 0 Å². The predicted molar refractivity (Wildman–Crippen MR) is 80.6 cm³/mol. The first kappa shape index (κ1) is 14.4. The van der Waals surface area contributed by atoms with E-state index in [0.29, 0.717) is 0 Å². The van der Waals surface area contributed by atoms with E-state index in [0.717, 1.165) is 23.7 Å². The van der Waals surface area contributed by atoms with Crippen molar-refractivity contribution in [3.8, 4) is 0 Å². The average Bonchev–Trinajstić information content (AvgIpc) is 2.58. The van der Waals surface area contributed by atoms with Crippen LogP contribution in [0, 0.1) is 10.8 Å². The summed E-state index contributed by atoms with van der Waals surface area (Å²) in [5.74, 6) is 0. The maximum Gasteiger partial charge on any atom is 0.102 e. The molecule has 0 aromatic heterocycles. The zero-order valence-electron chi connectivity index (χ0n) is 12.0. The molecule has 1 aliphatic heterocycles. The minimum atomic E-state index is -0.578. The lowest BCUT2D eigenvalue weighted by Gasteiger charge is -2.57. The van der Waals surface area contributed by atoms with E-state index in [1.54, 1.807) is 0 Å². The topological polar surface area (TPSA) is 29.5 Å². The molecule has 0 unspecified atom stereocenters. The summed E-state index contributed by atoms with van der Waals surface area (Å²) >= 11 is 10.3. The number of aliphatic hydroxyl groups excluding tert-OH is 1. The van der Waals surface area contributed by atoms with E-state index in [2.05, 4.69) is 43.6 Å². The molecule has 3 aliphatic rings. The van der Waals surface area contributed by atoms with E-state index in [1.165, 1.54) is 0 Å². The first-order valence-corrected chi connectivity index (χ1v) is 8.17. The SMILES string of the molecule is CC1(C)C(Br)=C[C@@H](O)[C@]2(C)O[C@@H]3C[C@]12CC[C@]3(C)Cl. The van der Waals surface area contributed by atoms with Crippen LogP contribution >= 0.6 is 27.5 Å². The monoisotopic (exact) mass is 348 g/mol. The Balaban J connectivity index is 2.17. The number of halogens is 2. The van der Waals surface area contributed by atoms with Crippen molar-refractivity contribution in [3.63, 3.8) is 0 Å². The van der Waals surface area contributed by atoms with Gasteiger partial charge >= 0.3 is 0 Å². The van der Waals surface area contributed by atoms with Crippen LogP contribution in [-0.4, -0.2) is 27.8 Å². The molecule has 108 valence electrons. The molecule has 1 spiro atoms. The van der Waals surface area contributed by atoms with E-state index < -0.39 is 11.7 Å². The Morgan fingerprint density at radius 2 is 1.95 bits per heavy atom. The molecule has 0 amide bonds. The Labute approximate surface area is 128 Å². The van der Waals surface area contributed by atoms with Crippen LogP contribution in [0.1, 0.15) is 47.0 Å². The van der Waals surface area contributed by atoms with Crippen LogP contribution in [0.2, 0.25) is 0 Å². The van der Waals surface area contributed by atoms with Crippen LogP contribution in [0.25, 0.3) is 0 Å². The largest absolute Gasteiger partial charge is 0.386 e. The molecule has 0 aromatic rings. The Kier molecular flexibility index (Phi) is 2.87. The van der Waals surface area contributed by atoms with Gasteiger partial charge in [0.1, 0.15) is 11.7 Å². The molecule has 19 heavy (non-hydrogen) atoms. The number of ether oxygens (including phenoxy) is 1. The number of fused-ring (bicyclic) bond motifs is 1. The highest BCUT2D eigenvalue weighted by Crippen LogP contribution is 2.70. The second-order valence-electron chi connectivity index (χ2n) is 7.36. The summed E-state index contributed by atoms with van der Waals surface area (Å²) in [6, 6.07) is 0. The number of allylic oxidation sites excluding steroid dienone is 1. The fraction of sp³-hybridized carbons (Fsp3) is 0.867. The van der Waals surface area contributed by atoms with E-state index in [1.807, 2.05) is 6.08 Å². The number of rotatable bonds is 0. The predicted octanol–water partition coefficient (Wildman–Crippen LogP) is 3.99. The molecule has 2 bridgehead atoms. The summed E-state index contributed by atoms with van der Waals surface area (Å²) in [7, 11) is 0. The maximum absolute atomic E-state index is 10.6. The van der Waals surface area contributed by atoms with E-state index in [9.17, 15) is 5.11 Å². The van der Waals surface area contributed by atoms with Crippen molar-refractivity contribution < 1.29 is 9.84 Å². The Bertz CT molecular complexity index is 459. The van der Waals surface area contributed by atoms with Crippen molar-refractivity contribution in [2.24, 2.45) is 10.8 Å². The van der Waals surface area contributed by atoms with Gasteiger partial charge in [-0.25, -0.2) is 0 Å². The fourth-order valence-electron chi connectivity index (χ4n) is 4.55. The van der Waals surface area contributed by atoms with Gasteiger partial charge < -0.3 is 9.84 Å². The molecule has 2 nitrogen and oxygen atoms in total. The lowest BCUT2D eigenvalue weighted by Crippen LogP contribution is -2.60. The standard InChI is InChI=1S/C15H22BrClO2/c1-12(2)9(16)7-10(18)14(4)15(12)6-5-13(3,17)11(8-15)19-14/h7,10-11,18H,5-6,8H2,1-4H3/t10-,11-,13+,14+,15-/m1/s1. The lowest BCUT2D eigenvalue weighted by molar-refractivity contribution is -0.158. The van der Waals surface area contributed by atoms with Crippen LogP contribution in [0.5, 0.6) is 0 Å². The van der Waals surface area contributed by atoms with Crippen molar-refractivity contribution in [3.05, 3.63) is 10.6 Å². The van der Waals surface area contributed by atoms with Gasteiger partial charge in [0.05, 0.1) is 11.0 Å². The Morgan fingerprint density at radius 3 is 2.58 bits per heavy atom. The first-order chi connectivity index (χ1) is 8.57. The molecule has 3 rings (SSSR count). The van der Waals surface area contributed by atoms with Crippen molar-refractivity contribution in [2.45, 2.75) is 69.6 Å². The summed E-state index contributed by atoms with van der Waals surface area (Å²) in [5.41, 5.74) is -0.625. The average molecular weight is 350 g/mol. The summed E-state index contributed by atoms with van der Waals surface area (Å²) < 4.78 is 7.42. The number of alkyl halides is 1. The van der Waals surface area contributed by atoms with Gasteiger partial charge in [-0.15, -0.1) is 11.6 Å². The van der Waals surface area contributed by atoms with Gasteiger partial charge in [0.15, 0.2) is 0 Å². The molecule has 0 radical (unpaired) electrons. The fourth-order valence-corrected chi connectivity index (χ4v) is 5.40. The third-order valence-electron chi connectivity index (χ3n) is 6.25. The van der Waals surface area contributed by atoms with Crippen LogP contribution in [-0.2, 0) is 4.74 Å². The van der Waals surface area contributed by atoms with Crippen molar-refractivity contribution in [2.75, 3.05) is 0 Å². The zero-order valence-corrected chi connectivity index (χ0v) is 14.3. The van der Waals surface area contributed by atoms with E-state index in [4.69, 9.17) is 16.3 Å². The van der Waals surface area contributed by atoms with Gasteiger partial charge in [-0.3, -0.25) is 0 Å². The molecule has 1 saturated carbocycles. The Morgan fingerprint density at radius 1 is 1.32 bits per heavy atom. The molecule has 5 atom stereocenters. The number of hydrogen-bond donors (Lipinski definition) is 1. The minimum absolute atomic E-state index is 0.0219. The van der Waals surface area contributed by atoms with Crippen LogP contribution < -0.4 is 0 Å². The highest BCUT2D eigenvalue weighted by molar-refractivity contribution is 9.11. The zero-order chi connectivity index (χ0) is 14.3. The molecule has 4 heteroatoms. The first-order valence-electron chi connectivity index (χ1n) is 6.99. The third-order valence-corrected chi connectivity index (χ3v) is 7.93. The molecule has 0 aromatic carbocycles. The molecule has 2 fully saturated rings. The van der Waals surface area contributed by atoms with Gasteiger partial charge in [-0.1, -0.05) is 29.8 Å². The van der Waals surface area contributed by atoms with Gasteiger partial charge in [0.25, 0.3) is 0 Å². The summed E-state index contributed by atoms with van der Waals surface area (Å²) in [5, 5.41) is 10.6. The quantitative estimate of drug-likeness (QED) is 0.670. The summed E-state index contributed by atoms with van der Waals surface area (Å²) in [4.78, 5) is -0.312. The van der Waals surface area contributed by atoms with Gasteiger partial charge in [0, 0.05) is 15.3 Å². The van der Waals surface area contributed by atoms with Crippen molar-refractivity contribution >= 4 is 27.5 Å². The van der Waals surface area contributed by atoms with Gasteiger partial charge in [0.2, 0.25) is 0 Å². The summed E-state index contributed by atoms with van der Waals surface area (Å²) in [6.07, 6.45) is 4.20. The summed E-state index contributed by atoms with van der Waals surface area (Å²) in [6.45, 7) is 8.63. The molecule has 1 saturated heterocycles. The Hall–Kier alpha value is 0.430. The minimum Gasteiger partial charge on any atom is -0.386 e. The highest BCUT2D eigenvalue weighted by atomic mass is 79.9. The molecule has 1 N–H and O–H groups in total. The molecule has 1 heterocycles. The normalized spacial score (nSPS) is 55.6. The second kappa shape index (κ2) is 3.79.